The van der Waals surface area contributed by atoms with Gasteiger partial charge < -0.3 is 10.5 Å². The zero-order valence-electron chi connectivity index (χ0n) is 16.6. The summed E-state index contributed by atoms with van der Waals surface area (Å²) in [7, 11) is 0. The van der Waals surface area contributed by atoms with Crippen LogP contribution in [0.3, 0.4) is 0 Å². The van der Waals surface area contributed by atoms with E-state index in [2.05, 4.69) is 15.9 Å². The SMILES string of the molecule is C[C@H]1O[C@H](c2cn(-c3ccc(Br)cc3)nc2-c2ccsc2)N(c2ccc(N)cc2)C1=O. The Kier molecular flexibility index (Phi) is 5.13. The summed E-state index contributed by atoms with van der Waals surface area (Å²) in [6, 6.07) is 17.2. The van der Waals surface area contributed by atoms with Crippen LogP contribution in [-0.2, 0) is 9.53 Å². The number of ether oxygens (including phenoxy) is 1. The minimum atomic E-state index is -0.592. The van der Waals surface area contributed by atoms with Crippen molar-refractivity contribution in [2.24, 2.45) is 0 Å². The first-order chi connectivity index (χ1) is 15.0. The highest BCUT2D eigenvalue weighted by Gasteiger charge is 2.42. The molecule has 156 valence electrons. The predicted octanol–water partition coefficient (Wildman–Crippen LogP) is 5.40. The smallest absolute Gasteiger partial charge is 0.258 e. The molecule has 31 heavy (non-hydrogen) atoms. The third kappa shape index (κ3) is 3.67. The molecule has 2 aromatic heterocycles. The molecule has 0 bridgehead atoms. The largest absolute Gasteiger partial charge is 0.399 e. The first-order valence-electron chi connectivity index (χ1n) is 9.73. The molecule has 2 aromatic carbocycles. The number of benzene rings is 2. The van der Waals surface area contributed by atoms with Gasteiger partial charge in [-0.1, -0.05) is 15.9 Å². The fourth-order valence-electron chi connectivity index (χ4n) is 3.65. The second kappa shape index (κ2) is 7.96. The summed E-state index contributed by atoms with van der Waals surface area (Å²) in [5.74, 6) is -0.0950. The van der Waals surface area contributed by atoms with Crippen LogP contribution in [-0.4, -0.2) is 21.8 Å². The summed E-state index contributed by atoms with van der Waals surface area (Å²) in [6.45, 7) is 1.77. The van der Waals surface area contributed by atoms with Gasteiger partial charge in [-0.25, -0.2) is 4.68 Å². The minimum Gasteiger partial charge on any atom is -0.399 e. The first kappa shape index (κ1) is 20.0. The molecule has 2 N–H and O–H groups in total. The molecule has 6 nitrogen and oxygen atoms in total. The third-order valence-electron chi connectivity index (χ3n) is 5.22. The standard InChI is InChI=1S/C23H19BrN4O2S/c1-14-22(29)28(19-8-4-17(25)5-9-19)23(30-14)20-12-27(18-6-2-16(24)3-7-18)26-21(20)15-10-11-31-13-15/h2-14,23H,25H2,1H3/t14-,23-/m1/s1. The van der Waals surface area contributed by atoms with Gasteiger partial charge in [-0.15, -0.1) is 0 Å². The van der Waals surface area contributed by atoms with Crippen molar-refractivity contribution in [2.75, 3.05) is 10.6 Å². The number of carbonyl (C=O) groups is 1. The second-order valence-electron chi connectivity index (χ2n) is 7.30. The normalized spacial score (nSPS) is 18.6. The van der Waals surface area contributed by atoms with Crippen molar-refractivity contribution in [1.82, 2.24) is 9.78 Å². The lowest BCUT2D eigenvalue weighted by Crippen LogP contribution is -2.30. The molecule has 2 atom stereocenters. The van der Waals surface area contributed by atoms with Crippen LogP contribution in [0.15, 0.2) is 76.0 Å². The Hall–Kier alpha value is -2.94. The van der Waals surface area contributed by atoms with E-state index in [4.69, 9.17) is 15.6 Å². The average Bonchev–Trinajstić information content (AvgIpc) is 3.49. The van der Waals surface area contributed by atoms with E-state index in [9.17, 15) is 4.79 Å². The number of hydrogen-bond donors (Lipinski definition) is 1. The van der Waals surface area contributed by atoms with Gasteiger partial charge in [0.15, 0.2) is 6.23 Å². The van der Waals surface area contributed by atoms with Crippen LogP contribution in [0.5, 0.6) is 0 Å². The van der Waals surface area contributed by atoms with Crippen LogP contribution in [0.4, 0.5) is 11.4 Å². The van der Waals surface area contributed by atoms with Crippen LogP contribution >= 0.6 is 27.3 Å². The molecule has 0 aliphatic carbocycles. The molecule has 4 aromatic rings. The van der Waals surface area contributed by atoms with E-state index in [1.54, 1.807) is 35.3 Å². The molecule has 0 unspecified atom stereocenters. The zero-order valence-corrected chi connectivity index (χ0v) is 19.0. The lowest BCUT2D eigenvalue weighted by molar-refractivity contribution is -0.121. The highest BCUT2D eigenvalue weighted by atomic mass is 79.9. The van der Waals surface area contributed by atoms with Crippen LogP contribution in [0.25, 0.3) is 16.9 Å². The zero-order chi connectivity index (χ0) is 21.5. The predicted molar refractivity (Wildman–Crippen MR) is 126 cm³/mol. The van der Waals surface area contributed by atoms with Gasteiger partial charge in [0.2, 0.25) is 0 Å². The molecule has 5 rings (SSSR count). The molecule has 1 saturated heterocycles. The lowest BCUT2D eigenvalue weighted by atomic mass is 10.1. The van der Waals surface area contributed by atoms with Crippen molar-refractivity contribution in [3.8, 4) is 16.9 Å². The Morgan fingerprint density at radius 2 is 1.77 bits per heavy atom. The van der Waals surface area contributed by atoms with Gasteiger partial charge in [0.05, 0.1) is 5.69 Å². The maximum absolute atomic E-state index is 13.0. The minimum absolute atomic E-state index is 0.0950. The van der Waals surface area contributed by atoms with Gasteiger partial charge in [0.1, 0.15) is 11.8 Å². The number of nitrogen functional groups attached to an aromatic ring is 1. The number of anilines is 2. The number of halogens is 1. The third-order valence-corrected chi connectivity index (χ3v) is 6.43. The quantitative estimate of drug-likeness (QED) is 0.385. The summed E-state index contributed by atoms with van der Waals surface area (Å²) in [5.41, 5.74) is 10.8. The van der Waals surface area contributed by atoms with Gasteiger partial charge in [-0.3, -0.25) is 9.69 Å². The molecule has 1 amide bonds. The van der Waals surface area contributed by atoms with E-state index in [1.165, 1.54) is 0 Å². The van der Waals surface area contributed by atoms with Gasteiger partial charge in [0, 0.05) is 38.6 Å². The molecule has 3 heterocycles. The Labute approximate surface area is 192 Å². The summed E-state index contributed by atoms with van der Waals surface area (Å²) in [5, 5.41) is 8.92. The van der Waals surface area contributed by atoms with E-state index in [1.807, 2.05) is 64.1 Å². The van der Waals surface area contributed by atoms with Gasteiger partial charge in [0.25, 0.3) is 5.91 Å². The van der Waals surface area contributed by atoms with E-state index in [-0.39, 0.29) is 5.91 Å². The van der Waals surface area contributed by atoms with E-state index < -0.39 is 12.3 Å². The van der Waals surface area contributed by atoms with Gasteiger partial charge in [-0.2, -0.15) is 16.4 Å². The Balaban J connectivity index is 1.64. The van der Waals surface area contributed by atoms with Gasteiger partial charge >= 0.3 is 0 Å². The molecule has 0 saturated carbocycles. The fourth-order valence-corrected chi connectivity index (χ4v) is 4.56. The van der Waals surface area contributed by atoms with E-state index >= 15 is 0 Å². The Morgan fingerprint density at radius 3 is 2.45 bits per heavy atom. The van der Waals surface area contributed by atoms with Crippen molar-refractivity contribution < 1.29 is 9.53 Å². The molecular weight excluding hydrogens is 476 g/mol. The topological polar surface area (TPSA) is 73.4 Å². The van der Waals surface area contributed by atoms with Crippen molar-refractivity contribution in [3.05, 3.63) is 81.6 Å². The van der Waals surface area contributed by atoms with E-state index in [0.29, 0.717) is 5.69 Å². The molecule has 1 aliphatic rings. The summed E-state index contributed by atoms with van der Waals surface area (Å²) >= 11 is 5.08. The van der Waals surface area contributed by atoms with Crippen molar-refractivity contribution >= 4 is 44.5 Å². The fraction of sp³-hybridized carbons (Fsp3) is 0.130. The molecule has 8 heteroatoms. The van der Waals surface area contributed by atoms with Crippen LogP contribution in [0.1, 0.15) is 18.7 Å². The van der Waals surface area contributed by atoms with Gasteiger partial charge in [-0.05, 0) is 66.9 Å². The molecule has 0 radical (unpaired) electrons. The summed E-state index contributed by atoms with van der Waals surface area (Å²) in [6.07, 6.45) is 0.787. The molecular formula is C23H19BrN4O2S. The van der Waals surface area contributed by atoms with Crippen LogP contribution in [0.2, 0.25) is 0 Å². The number of nitrogens with two attached hydrogens (primary N) is 1. The molecule has 1 aliphatic heterocycles. The maximum Gasteiger partial charge on any atom is 0.258 e. The maximum atomic E-state index is 13.0. The number of aromatic nitrogens is 2. The lowest BCUT2D eigenvalue weighted by Gasteiger charge is -2.23. The Morgan fingerprint density at radius 1 is 1.06 bits per heavy atom. The van der Waals surface area contributed by atoms with Crippen molar-refractivity contribution in [1.29, 1.82) is 0 Å². The van der Waals surface area contributed by atoms with Crippen LogP contribution < -0.4 is 10.6 Å². The van der Waals surface area contributed by atoms with E-state index in [0.717, 1.165) is 32.7 Å². The number of thiophene rings is 1. The monoisotopic (exact) mass is 494 g/mol. The van der Waals surface area contributed by atoms with Crippen molar-refractivity contribution in [3.63, 3.8) is 0 Å². The highest BCUT2D eigenvalue weighted by molar-refractivity contribution is 9.10. The number of hydrogen-bond acceptors (Lipinski definition) is 5. The number of nitrogens with zero attached hydrogens (tertiary/aromatic N) is 3. The summed E-state index contributed by atoms with van der Waals surface area (Å²) in [4.78, 5) is 14.7. The van der Waals surface area contributed by atoms with Crippen LogP contribution in [0, 0.1) is 0 Å². The highest BCUT2D eigenvalue weighted by Crippen LogP contribution is 2.40. The molecule has 0 spiro atoms. The Bertz CT molecular complexity index is 1220. The number of amides is 1. The van der Waals surface area contributed by atoms with Crippen molar-refractivity contribution in [2.45, 2.75) is 19.3 Å². The number of carbonyl (C=O) groups excluding carboxylic acids is 1. The molecule has 1 fully saturated rings. The number of rotatable bonds is 4. The first-order valence-corrected chi connectivity index (χ1v) is 11.5. The summed E-state index contributed by atoms with van der Waals surface area (Å²) < 4.78 is 8.97. The average molecular weight is 495 g/mol. The second-order valence-corrected chi connectivity index (χ2v) is 8.99.